The average molecular weight is 378 g/mol. The molecule has 4 aromatic rings. The first kappa shape index (κ1) is 17.6. The third-order valence-electron chi connectivity index (χ3n) is 4.41. The van der Waals surface area contributed by atoms with Crippen LogP contribution in [0, 0.1) is 0 Å². The number of carboxylic acid groups (broad SMARTS) is 1. The Labute approximate surface area is 160 Å². The molecule has 2 aromatic heterocycles. The van der Waals surface area contributed by atoms with Gasteiger partial charge in [-0.1, -0.05) is 12.1 Å². The van der Waals surface area contributed by atoms with Crippen LogP contribution >= 0.6 is 0 Å². The quantitative estimate of drug-likeness (QED) is 0.532. The van der Waals surface area contributed by atoms with Crippen molar-refractivity contribution in [3.05, 3.63) is 48.7 Å². The van der Waals surface area contributed by atoms with Gasteiger partial charge in [-0.3, -0.25) is 9.20 Å². The molecule has 2 aromatic carbocycles. The molecule has 4 rings (SSSR count). The van der Waals surface area contributed by atoms with Gasteiger partial charge in [0.1, 0.15) is 6.54 Å². The molecule has 0 saturated carbocycles. The van der Waals surface area contributed by atoms with E-state index in [9.17, 15) is 4.79 Å². The summed E-state index contributed by atoms with van der Waals surface area (Å²) in [6.45, 7) is -0.250. The number of nitrogens with one attached hydrogen (secondary N) is 1. The Morgan fingerprint density at radius 2 is 1.93 bits per heavy atom. The number of imidazole rings is 1. The molecule has 0 unspecified atom stereocenters. The lowest BCUT2D eigenvalue weighted by atomic mass is 10.1. The number of hydrogen-bond acceptors (Lipinski definition) is 6. The summed E-state index contributed by atoms with van der Waals surface area (Å²) < 4.78 is 12.7. The van der Waals surface area contributed by atoms with E-state index in [4.69, 9.17) is 14.6 Å². The van der Waals surface area contributed by atoms with Gasteiger partial charge in [0.2, 0.25) is 0 Å². The van der Waals surface area contributed by atoms with Gasteiger partial charge < -0.3 is 19.9 Å². The molecule has 0 amide bonds. The monoisotopic (exact) mass is 378 g/mol. The van der Waals surface area contributed by atoms with Gasteiger partial charge in [-0.05, 0) is 30.3 Å². The second-order valence-electron chi connectivity index (χ2n) is 6.07. The first-order chi connectivity index (χ1) is 13.6. The predicted octanol–water partition coefficient (Wildman–Crippen LogP) is 3.06. The highest BCUT2D eigenvalue weighted by atomic mass is 16.5. The van der Waals surface area contributed by atoms with Gasteiger partial charge in [-0.25, -0.2) is 9.97 Å². The summed E-state index contributed by atoms with van der Waals surface area (Å²) in [6.07, 6.45) is 1.73. The van der Waals surface area contributed by atoms with Crippen molar-refractivity contribution in [3.8, 4) is 22.8 Å². The van der Waals surface area contributed by atoms with Gasteiger partial charge in [0.05, 0.1) is 37.1 Å². The Balaban J connectivity index is 1.96. The molecular weight excluding hydrogens is 360 g/mol. The van der Waals surface area contributed by atoms with E-state index in [1.807, 2.05) is 46.9 Å². The molecule has 0 aliphatic carbocycles. The van der Waals surface area contributed by atoms with Crippen LogP contribution in [0.3, 0.4) is 0 Å². The van der Waals surface area contributed by atoms with Crippen molar-refractivity contribution < 1.29 is 19.4 Å². The third kappa shape index (κ3) is 2.94. The van der Waals surface area contributed by atoms with Gasteiger partial charge in [0.15, 0.2) is 23.0 Å². The Morgan fingerprint density at radius 1 is 1.14 bits per heavy atom. The molecule has 0 aliphatic heterocycles. The van der Waals surface area contributed by atoms with Crippen LogP contribution in [0.1, 0.15) is 0 Å². The zero-order valence-electron chi connectivity index (χ0n) is 15.3. The molecule has 0 spiro atoms. The molecular formula is C20H18N4O4. The predicted molar refractivity (Wildman–Crippen MR) is 105 cm³/mol. The number of carbonyl (C=O) groups is 1. The van der Waals surface area contributed by atoms with Crippen LogP contribution in [0.15, 0.2) is 48.7 Å². The van der Waals surface area contributed by atoms with E-state index in [1.165, 1.54) is 0 Å². The lowest BCUT2D eigenvalue weighted by molar-refractivity contribution is -0.134. The average Bonchev–Trinajstić information content (AvgIpc) is 3.17. The molecule has 0 atom stereocenters. The lowest BCUT2D eigenvalue weighted by Crippen LogP contribution is -2.14. The highest BCUT2D eigenvalue weighted by Crippen LogP contribution is 2.34. The number of ether oxygens (including phenoxy) is 2. The molecule has 28 heavy (non-hydrogen) atoms. The van der Waals surface area contributed by atoms with Crippen molar-refractivity contribution in [1.29, 1.82) is 0 Å². The molecule has 8 heteroatoms. The molecule has 0 aliphatic rings. The molecule has 0 saturated heterocycles. The first-order valence-electron chi connectivity index (χ1n) is 8.56. The van der Waals surface area contributed by atoms with Crippen molar-refractivity contribution in [3.63, 3.8) is 0 Å². The fourth-order valence-electron chi connectivity index (χ4n) is 3.16. The highest BCUT2D eigenvalue weighted by Gasteiger charge is 2.16. The summed E-state index contributed by atoms with van der Waals surface area (Å²) in [5, 5.41) is 11.9. The van der Waals surface area contributed by atoms with Crippen LogP contribution < -0.4 is 14.8 Å². The first-order valence-corrected chi connectivity index (χ1v) is 8.56. The van der Waals surface area contributed by atoms with Crippen molar-refractivity contribution >= 4 is 28.5 Å². The Kier molecular flexibility index (Phi) is 4.44. The molecule has 0 fully saturated rings. The smallest absolute Gasteiger partial charge is 0.322 e. The van der Waals surface area contributed by atoms with Gasteiger partial charge in [-0.15, -0.1) is 0 Å². The van der Waals surface area contributed by atoms with E-state index in [0.29, 0.717) is 23.0 Å². The van der Waals surface area contributed by atoms with Gasteiger partial charge in [0, 0.05) is 5.56 Å². The maximum Gasteiger partial charge on any atom is 0.322 e. The molecule has 2 N–H and O–H groups in total. The fraction of sp³-hybridized carbons (Fsp3) is 0.150. The molecule has 2 heterocycles. The van der Waals surface area contributed by atoms with Crippen LogP contribution in [0.5, 0.6) is 11.5 Å². The van der Waals surface area contributed by atoms with Crippen LogP contribution in [-0.4, -0.2) is 46.2 Å². The number of aliphatic carboxylic acids is 1. The zero-order valence-corrected chi connectivity index (χ0v) is 15.3. The number of methoxy groups -OCH3 is 2. The lowest BCUT2D eigenvalue weighted by Gasteiger charge is -2.12. The minimum atomic E-state index is -0.972. The van der Waals surface area contributed by atoms with Crippen molar-refractivity contribution in [2.24, 2.45) is 0 Å². The van der Waals surface area contributed by atoms with E-state index in [2.05, 4.69) is 15.3 Å². The summed E-state index contributed by atoms with van der Waals surface area (Å²) in [7, 11) is 3.18. The van der Waals surface area contributed by atoms with Crippen LogP contribution in [0.25, 0.3) is 27.9 Å². The topological polar surface area (TPSA) is 98.0 Å². The van der Waals surface area contributed by atoms with Crippen molar-refractivity contribution in [2.75, 3.05) is 26.1 Å². The number of anilines is 1. The maximum atomic E-state index is 11.0. The van der Waals surface area contributed by atoms with E-state index >= 15 is 0 Å². The molecule has 142 valence electrons. The minimum absolute atomic E-state index is 0.250. The fourth-order valence-corrected chi connectivity index (χ4v) is 3.16. The SMILES string of the molecule is COc1ccc(-c2cnc3c(NCC(=O)O)nc4ccccc4n23)cc1OC. The van der Waals surface area contributed by atoms with E-state index < -0.39 is 5.97 Å². The Morgan fingerprint density at radius 3 is 2.68 bits per heavy atom. The van der Waals surface area contributed by atoms with Crippen LogP contribution in [-0.2, 0) is 4.79 Å². The molecule has 0 radical (unpaired) electrons. The largest absolute Gasteiger partial charge is 0.493 e. The summed E-state index contributed by atoms with van der Waals surface area (Å²) in [6, 6.07) is 13.3. The Bertz CT molecular complexity index is 1190. The minimum Gasteiger partial charge on any atom is -0.493 e. The molecule has 0 bridgehead atoms. The zero-order chi connectivity index (χ0) is 19.7. The standard InChI is InChI=1S/C20H18N4O4/c1-27-16-8-7-12(9-17(16)28-2)15-10-22-20-19(21-11-18(25)26)23-13-5-3-4-6-14(13)24(15)20/h3-10H,11H2,1-2H3,(H,21,23)(H,25,26). The summed E-state index contributed by atoms with van der Waals surface area (Å²) in [5.41, 5.74) is 3.84. The van der Waals surface area contributed by atoms with E-state index in [-0.39, 0.29) is 6.54 Å². The summed E-state index contributed by atoms with van der Waals surface area (Å²) in [5.74, 6) is 0.681. The second kappa shape index (κ2) is 7.07. The van der Waals surface area contributed by atoms with Gasteiger partial charge >= 0.3 is 5.97 Å². The van der Waals surface area contributed by atoms with Gasteiger partial charge in [0.25, 0.3) is 0 Å². The maximum absolute atomic E-state index is 11.0. The number of fused-ring (bicyclic) bond motifs is 3. The second-order valence-corrected chi connectivity index (χ2v) is 6.07. The van der Waals surface area contributed by atoms with Gasteiger partial charge in [-0.2, -0.15) is 0 Å². The van der Waals surface area contributed by atoms with E-state index in [0.717, 1.165) is 22.3 Å². The number of rotatable bonds is 6. The highest BCUT2D eigenvalue weighted by molar-refractivity contribution is 5.87. The number of benzene rings is 2. The Hall–Kier alpha value is -3.81. The van der Waals surface area contributed by atoms with Crippen LogP contribution in [0.4, 0.5) is 5.82 Å². The number of nitrogens with zero attached hydrogens (tertiary/aromatic N) is 3. The van der Waals surface area contributed by atoms with E-state index in [1.54, 1.807) is 20.4 Å². The summed E-state index contributed by atoms with van der Waals surface area (Å²) in [4.78, 5) is 20.0. The van der Waals surface area contributed by atoms with Crippen molar-refractivity contribution in [2.45, 2.75) is 0 Å². The number of carboxylic acids is 1. The number of hydrogen-bond donors (Lipinski definition) is 2. The molecule has 8 nitrogen and oxygen atoms in total. The normalized spacial score (nSPS) is 10.9. The number of para-hydroxylation sites is 2. The third-order valence-corrected chi connectivity index (χ3v) is 4.41. The van der Waals surface area contributed by atoms with Crippen molar-refractivity contribution in [1.82, 2.24) is 14.4 Å². The number of aromatic nitrogens is 3. The van der Waals surface area contributed by atoms with Crippen LogP contribution in [0.2, 0.25) is 0 Å². The summed E-state index contributed by atoms with van der Waals surface area (Å²) >= 11 is 0.